The van der Waals surface area contributed by atoms with Gasteiger partial charge in [0.25, 0.3) is 7.55 Å². The van der Waals surface area contributed by atoms with Crippen LogP contribution in [0.4, 0.5) is 0 Å². The summed E-state index contributed by atoms with van der Waals surface area (Å²) in [5.74, 6) is 3.68. The Morgan fingerprint density at radius 1 is 0.680 bits per heavy atom. The van der Waals surface area contributed by atoms with Crippen LogP contribution < -0.4 is 15.4 Å². The number of nitrogens with one attached hydrogen (secondary N) is 1. The van der Waals surface area contributed by atoms with Gasteiger partial charge in [0.2, 0.25) is 0 Å². The molecule has 2 aromatic carbocycles. The largest absolute Gasteiger partial charge is 0.315 e. The van der Waals surface area contributed by atoms with Gasteiger partial charge in [-0.2, -0.15) is 0 Å². The fraction of sp³-hybridized carbons (Fsp3) is 0.455. The Bertz CT molecular complexity index is 665. The predicted octanol–water partition coefficient (Wildman–Crippen LogP) is 3.90. The molecule has 0 atom stereocenters. The second kappa shape index (κ2) is 6.26. The molecule has 3 heteroatoms. The fourth-order valence-corrected chi connectivity index (χ4v) is 10.1. The van der Waals surface area contributed by atoms with Crippen LogP contribution in [-0.4, -0.2) is 13.6 Å². The van der Waals surface area contributed by atoms with Gasteiger partial charge in [0.15, 0.2) is 0 Å². The summed E-state index contributed by atoms with van der Waals surface area (Å²) >= 11 is 7.51. The van der Waals surface area contributed by atoms with E-state index in [1.54, 1.807) is 0 Å². The van der Waals surface area contributed by atoms with E-state index >= 15 is 0 Å². The molecule has 4 bridgehead atoms. The minimum atomic E-state index is -2.44. The number of rotatable bonds is 4. The predicted molar refractivity (Wildman–Crippen MR) is 108 cm³/mol. The summed E-state index contributed by atoms with van der Waals surface area (Å²) in [5, 5.41) is 2.58. The van der Waals surface area contributed by atoms with Gasteiger partial charge in [0.1, 0.15) is 0 Å². The molecule has 25 heavy (non-hydrogen) atoms. The molecule has 0 spiro atoms. The fourth-order valence-electron chi connectivity index (χ4n) is 6.06. The number of hydrogen-bond donors (Lipinski definition) is 1. The smallest absolute Gasteiger partial charge is 0.289 e. The summed E-state index contributed by atoms with van der Waals surface area (Å²) in [6, 6.07) is 22.2. The minimum Gasteiger partial charge on any atom is -0.315 e. The van der Waals surface area contributed by atoms with E-state index in [2.05, 4.69) is 65.6 Å². The van der Waals surface area contributed by atoms with E-state index in [4.69, 9.17) is 11.1 Å². The average Bonchev–Trinajstić information content (AvgIpc) is 2.65. The molecule has 0 unspecified atom stereocenters. The molecular weight excluding hydrogens is 342 g/mol. The summed E-state index contributed by atoms with van der Waals surface area (Å²) in [6.07, 6.45) is 7.21. The van der Waals surface area contributed by atoms with Crippen molar-refractivity contribution in [3.63, 3.8) is 0 Å². The lowest BCUT2D eigenvalue weighted by molar-refractivity contribution is -0.00612. The SMILES string of the molecule is Cl[Si](NC1C2CC3CC(C2)CC1C3)(c1ccccc1)c1ccccc1. The first-order valence-corrected chi connectivity index (χ1v) is 12.8. The molecule has 0 aliphatic heterocycles. The van der Waals surface area contributed by atoms with E-state index in [-0.39, 0.29) is 0 Å². The first kappa shape index (κ1) is 16.1. The quantitative estimate of drug-likeness (QED) is 0.638. The van der Waals surface area contributed by atoms with Crippen molar-refractivity contribution in [1.82, 2.24) is 4.98 Å². The summed E-state index contributed by atoms with van der Waals surface area (Å²) in [4.78, 5) is 4.11. The first-order chi connectivity index (χ1) is 12.2. The monoisotopic (exact) mass is 367 g/mol. The highest BCUT2D eigenvalue weighted by Crippen LogP contribution is 2.53. The van der Waals surface area contributed by atoms with E-state index in [1.165, 1.54) is 42.5 Å². The van der Waals surface area contributed by atoms with E-state index in [1.807, 2.05) is 0 Å². The molecule has 1 nitrogen and oxygen atoms in total. The maximum atomic E-state index is 7.51. The highest BCUT2D eigenvalue weighted by molar-refractivity contribution is 7.32. The van der Waals surface area contributed by atoms with Crippen LogP contribution >= 0.6 is 11.1 Å². The summed E-state index contributed by atoms with van der Waals surface area (Å²) in [6.45, 7) is 0. The summed E-state index contributed by atoms with van der Waals surface area (Å²) in [7, 11) is -2.44. The van der Waals surface area contributed by atoms with Crippen LogP contribution in [0.5, 0.6) is 0 Å². The number of benzene rings is 2. The molecule has 6 rings (SSSR count). The molecule has 130 valence electrons. The molecule has 1 N–H and O–H groups in total. The van der Waals surface area contributed by atoms with E-state index in [9.17, 15) is 0 Å². The normalized spacial score (nSPS) is 33.6. The van der Waals surface area contributed by atoms with Crippen LogP contribution in [0.15, 0.2) is 60.7 Å². The molecule has 0 saturated heterocycles. The molecule has 4 fully saturated rings. The zero-order valence-corrected chi connectivity index (χ0v) is 16.3. The zero-order chi connectivity index (χ0) is 16.9. The van der Waals surface area contributed by atoms with Crippen LogP contribution in [0.3, 0.4) is 0 Å². The van der Waals surface area contributed by atoms with Crippen molar-refractivity contribution in [2.45, 2.75) is 38.1 Å². The van der Waals surface area contributed by atoms with Crippen molar-refractivity contribution < 1.29 is 0 Å². The van der Waals surface area contributed by atoms with Gasteiger partial charge in [0, 0.05) is 6.04 Å². The Labute approximate surface area is 156 Å². The third-order valence-electron chi connectivity index (χ3n) is 6.94. The average molecular weight is 368 g/mol. The Morgan fingerprint density at radius 3 is 1.56 bits per heavy atom. The summed E-state index contributed by atoms with van der Waals surface area (Å²) < 4.78 is 0. The second-order valence-corrected chi connectivity index (χ2v) is 13.0. The maximum Gasteiger partial charge on any atom is 0.289 e. The van der Waals surface area contributed by atoms with E-state index in [0.717, 1.165) is 23.7 Å². The first-order valence-electron chi connectivity index (χ1n) is 9.80. The minimum absolute atomic E-state index is 0.609. The Kier molecular flexibility index (Phi) is 4.03. The van der Waals surface area contributed by atoms with Gasteiger partial charge in [-0.3, -0.25) is 0 Å². The lowest BCUT2D eigenvalue weighted by Gasteiger charge is -2.56. The summed E-state index contributed by atoms with van der Waals surface area (Å²) in [5.41, 5.74) is 0. The lowest BCUT2D eigenvalue weighted by Crippen LogP contribution is -2.71. The molecule has 2 aromatic rings. The molecule has 0 heterocycles. The topological polar surface area (TPSA) is 12.0 Å². The van der Waals surface area contributed by atoms with Gasteiger partial charge >= 0.3 is 0 Å². The van der Waals surface area contributed by atoms with Gasteiger partial charge < -0.3 is 4.98 Å². The van der Waals surface area contributed by atoms with Crippen LogP contribution in [0.2, 0.25) is 0 Å². The van der Waals surface area contributed by atoms with Crippen LogP contribution in [0.25, 0.3) is 0 Å². The van der Waals surface area contributed by atoms with Crippen molar-refractivity contribution in [3.8, 4) is 0 Å². The van der Waals surface area contributed by atoms with Gasteiger partial charge in [-0.15, -0.1) is 11.1 Å². The van der Waals surface area contributed by atoms with Gasteiger partial charge in [0.05, 0.1) is 0 Å². The zero-order valence-electron chi connectivity index (χ0n) is 14.6. The molecule has 4 saturated carbocycles. The Hall–Kier alpha value is -1.09. The second-order valence-electron chi connectivity index (χ2n) is 8.49. The molecule has 4 aliphatic rings. The standard InChI is InChI=1S/C22H26ClNSi/c23-25(20-7-3-1-4-8-20,21-9-5-2-6-10-21)24-22-18-12-16-11-17(14-18)15-19(22)13-16/h1-10,16-19,22,24H,11-15H2. The van der Waals surface area contributed by atoms with Crippen LogP contribution in [0.1, 0.15) is 32.1 Å². The van der Waals surface area contributed by atoms with Crippen LogP contribution in [0, 0.1) is 23.7 Å². The van der Waals surface area contributed by atoms with Gasteiger partial charge in [-0.1, -0.05) is 60.7 Å². The molecule has 4 aliphatic carbocycles. The van der Waals surface area contributed by atoms with E-state index in [0.29, 0.717) is 6.04 Å². The van der Waals surface area contributed by atoms with Crippen molar-refractivity contribution in [1.29, 1.82) is 0 Å². The Morgan fingerprint density at radius 2 is 1.12 bits per heavy atom. The number of halogens is 1. The molecular formula is C22H26ClNSi. The lowest BCUT2D eigenvalue weighted by atomic mass is 9.54. The molecule has 0 radical (unpaired) electrons. The van der Waals surface area contributed by atoms with Gasteiger partial charge in [-0.25, -0.2) is 0 Å². The van der Waals surface area contributed by atoms with Crippen molar-refractivity contribution in [2.24, 2.45) is 23.7 Å². The van der Waals surface area contributed by atoms with Crippen LogP contribution in [-0.2, 0) is 0 Å². The van der Waals surface area contributed by atoms with Crippen molar-refractivity contribution >= 4 is 29.0 Å². The van der Waals surface area contributed by atoms with Crippen molar-refractivity contribution in [2.75, 3.05) is 0 Å². The third-order valence-corrected chi connectivity index (χ3v) is 11.6. The third kappa shape index (κ3) is 2.79. The molecule has 0 aromatic heterocycles. The van der Waals surface area contributed by atoms with Crippen molar-refractivity contribution in [3.05, 3.63) is 60.7 Å². The highest BCUT2D eigenvalue weighted by Gasteiger charge is 2.51. The van der Waals surface area contributed by atoms with E-state index < -0.39 is 7.55 Å². The van der Waals surface area contributed by atoms with Gasteiger partial charge in [-0.05, 0) is 66.1 Å². The Balaban J connectivity index is 1.51. The highest BCUT2D eigenvalue weighted by atomic mass is 35.6. The maximum absolute atomic E-state index is 7.51. The number of hydrogen-bond acceptors (Lipinski definition) is 1. The molecule has 0 amide bonds.